The molecule has 18 heavy (non-hydrogen) atoms. The van der Waals surface area contributed by atoms with Crippen molar-refractivity contribution in [3.63, 3.8) is 0 Å². The summed E-state index contributed by atoms with van der Waals surface area (Å²) in [6, 6.07) is 13.1. The second-order valence-electron chi connectivity index (χ2n) is 4.42. The molecule has 2 aromatic rings. The molecule has 1 aromatic carbocycles. The molecule has 0 aliphatic heterocycles. The van der Waals surface area contributed by atoms with Crippen LogP contribution in [0.25, 0.3) is 0 Å². The third-order valence-electron chi connectivity index (χ3n) is 3.08. The van der Waals surface area contributed by atoms with Gasteiger partial charge in [-0.1, -0.05) is 36.7 Å². The van der Waals surface area contributed by atoms with Crippen LogP contribution < -0.4 is 5.32 Å². The van der Waals surface area contributed by atoms with Crippen LogP contribution in [0.15, 0.2) is 41.8 Å². The largest absolute Gasteiger partial charge is 0.303 e. The Morgan fingerprint density at radius 3 is 2.72 bits per heavy atom. The molecule has 0 bridgehead atoms. The number of hydrogen-bond donors (Lipinski definition) is 1. The van der Waals surface area contributed by atoms with Gasteiger partial charge in [0.05, 0.1) is 0 Å². The molecule has 0 aliphatic carbocycles. The van der Waals surface area contributed by atoms with Gasteiger partial charge >= 0.3 is 0 Å². The van der Waals surface area contributed by atoms with E-state index in [0.29, 0.717) is 12.1 Å². The van der Waals surface area contributed by atoms with Crippen molar-refractivity contribution in [2.24, 2.45) is 0 Å². The molecule has 3 heteroatoms. The van der Waals surface area contributed by atoms with Gasteiger partial charge < -0.3 is 5.32 Å². The molecule has 1 unspecified atom stereocenters. The smallest absolute Gasteiger partial charge is 0.0409 e. The number of halogens is 1. The maximum absolute atomic E-state index is 6.06. The minimum Gasteiger partial charge on any atom is -0.303 e. The molecule has 1 nitrogen and oxygen atoms in total. The number of hydrogen-bond acceptors (Lipinski definition) is 2. The van der Waals surface area contributed by atoms with Crippen LogP contribution >= 0.6 is 22.9 Å². The summed E-state index contributed by atoms with van der Waals surface area (Å²) in [5, 5.41) is 6.59. The first-order valence-electron chi connectivity index (χ1n) is 6.25. The molecular formula is C15H18ClNS. The molecule has 2 rings (SSSR count). The average molecular weight is 280 g/mol. The molecule has 0 spiro atoms. The highest BCUT2D eigenvalue weighted by molar-refractivity contribution is 7.10. The van der Waals surface area contributed by atoms with Crippen LogP contribution in [0.1, 0.15) is 42.8 Å². The lowest BCUT2D eigenvalue weighted by molar-refractivity contribution is 0.460. The van der Waals surface area contributed by atoms with Gasteiger partial charge in [-0.25, -0.2) is 0 Å². The maximum Gasteiger partial charge on any atom is 0.0409 e. The standard InChI is InChI=1S/C15H18ClNS/c1-3-14(12-6-4-7-13(16)10-12)17-11(2)15-8-5-9-18-15/h4-11,14,17H,3H2,1-2H3/t11-,14?/m0/s1. The first-order chi connectivity index (χ1) is 8.70. The van der Waals surface area contributed by atoms with Gasteiger partial charge in [-0.05, 0) is 42.5 Å². The van der Waals surface area contributed by atoms with E-state index in [0.717, 1.165) is 11.4 Å². The second kappa shape index (κ2) is 6.37. The van der Waals surface area contributed by atoms with Crippen LogP contribution in [0.3, 0.4) is 0 Å². The summed E-state index contributed by atoms with van der Waals surface area (Å²) in [7, 11) is 0. The minimum absolute atomic E-state index is 0.348. The SMILES string of the molecule is CCC(N[C@@H](C)c1cccs1)c1cccc(Cl)c1. The van der Waals surface area contributed by atoms with E-state index in [9.17, 15) is 0 Å². The maximum atomic E-state index is 6.06. The Morgan fingerprint density at radius 2 is 2.11 bits per heavy atom. The minimum atomic E-state index is 0.348. The van der Waals surface area contributed by atoms with Gasteiger partial charge in [0.15, 0.2) is 0 Å². The lowest BCUT2D eigenvalue weighted by atomic mass is 10.0. The second-order valence-corrected chi connectivity index (χ2v) is 5.84. The van der Waals surface area contributed by atoms with E-state index in [1.165, 1.54) is 10.4 Å². The number of thiophene rings is 1. The Morgan fingerprint density at radius 1 is 1.28 bits per heavy atom. The molecule has 0 saturated carbocycles. The Hall–Kier alpha value is -0.830. The van der Waals surface area contributed by atoms with Crippen molar-refractivity contribution in [2.45, 2.75) is 32.4 Å². The fourth-order valence-corrected chi connectivity index (χ4v) is 3.04. The molecule has 1 heterocycles. The highest BCUT2D eigenvalue weighted by Gasteiger charge is 2.14. The van der Waals surface area contributed by atoms with Crippen molar-refractivity contribution in [3.05, 3.63) is 57.2 Å². The summed E-state index contributed by atoms with van der Waals surface area (Å²) in [4.78, 5) is 1.37. The fraction of sp³-hybridized carbons (Fsp3) is 0.333. The summed E-state index contributed by atoms with van der Waals surface area (Å²) < 4.78 is 0. The van der Waals surface area contributed by atoms with Gasteiger partial charge in [0.2, 0.25) is 0 Å². The molecule has 2 atom stereocenters. The molecule has 0 saturated heterocycles. The van der Waals surface area contributed by atoms with Gasteiger partial charge in [-0.3, -0.25) is 0 Å². The van der Waals surface area contributed by atoms with Gasteiger partial charge in [-0.2, -0.15) is 0 Å². The van der Waals surface area contributed by atoms with Crippen molar-refractivity contribution in [2.75, 3.05) is 0 Å². The molecule has 0 amide bonds. The average Bonchev–Trinajstić information content (AvgIpc) is 2.89. The molecular weight excluding hydrogens is 262 g/mol. The summed E-state index contributed by atoms with van der Waals surface area (Å²) in [6.45, 7) is 4.40. The summed E-state index contributed by atoms with van der Waals surface area (Å²) in [5.41, 5.74) is 1.26. The Kier molecular flexibility index (Phi) is 4.81. The van der Waals surface area contributed by atoms with E-state index in [1.54, 1.807) is 11.3 Å². The predicted molar refractivity (Wildman–Crippen MR) is 80.4 cm³/mol. The van der Waals surface area contributed by atoms with Crippen molar-refractivity contribution < 1.29 is 0 Å². The van der Waals surface area contributed by atoms with Crippen molar-refractivity contribution in [1.29, 1.82) is 0 Å². The van der Waals surface area contributed by atoms with E-state index in [4.69, 9.17) is 11.6 Å². The third kappa shape index (κ3) is 3.35. The number of benzene rings is 1. The summed E-state index contributed by atoms with van der Waals surface area (Å²) in [5.74, 6) is 0. The van der Waals surface area contributed by atoms with Crippen LogP contribution in [-0.4, -0.2) is 0 Å². The Bertz CT molecular complexity index is 481. The fourth-order valence-electron chi connectivity index (χ4n) is 2.09. The van der Waals surface area contributed by atoms with Crippen LogP contribution in [-0.2, 0) is 0 Å². The topological polar surface area (TPSA) is 12.0 Å². The van der Waals surface area contributed by atoms with Crippen molar-refractivity contribution >= 4 is 22.9 Å². The van der Waals surface area contributed by atoms with Gasteiger partial charge in [0, 0.05) is 22.0 Å². The van der Waals surface area contributed by atoms with E-state index in [2.05, 4.69) is 42.7 Å². The molecule has 1 N–H and O–H groups in total. The lowest BCUT2D eigenvalue weighted by Gasteiger charge is -2.22. The third-order valence-corrected chi connectivity index (χ3v) is 4.37. The number of nitrogens with one attached hydrogen (secondary N) is 1. The van der Waals surface area contributed by atoms with E-state index < -0.39 is 0 Å². The quantitative estimate of drug-likeness (QED) is 0.793. The Balaban J connectivity index is 2.10. The van der Waals surface area contributed by atoms with E-state index in [-0.39, 0.29) is 0 Å². The lowest BCUT2D eigenvalue weighted by Crippen LogP contribution is -2.23. The van der Waals surface area contributed by atoms with Crippen molar-refractivity contribution in [3.8, 4) is 0 Å². The molecule has 0 fully saturated rings. The van der Waals surface area contributed by atoms with Crippen LogP contribution in [0.2, 0.25) is 5.02 Å². The van der Waals surface area contributed by atoms with Crippen LogP contribution in [0.5, 0.6) is 0 Å². The predicted octanol–water partition coefficient (Wildman–Crippen LogP) is 5.20. The molecule has 1 aromatic heterocycles. The highest BCUT2D eigenvalue weighted by atomic mass is 35.5. The summed E-state index contributed by atoms with van der Waals surface area (Å²) in [6.07, 6.45) is 1.05. The van der Waals surface area contributed by atoms with E-state index >= 15 is 0 Å². The normalized spacial score (nSPS) is 14.4. The van der Waals surface area contributed by atoms with Crippen LogP contribution in [0, 0.1) is 0 Å². The zero-order valence-electron chi connectivity index (χ0n) is 10.7. The monoisotopic (exact) mass is 279 g/mol. The Labute approximate surface area is 118 Å². The molecule has 0 radical (unpaired) electrons. The number of rotatable bonds is 5. The van der Waals surface area contributed by atoms with Gasteiger partial charge in [0.1, 0.15) is 0 Å². The zero-order chi connectivity index (χ0) is 13.0. The first kappa shape index (κ1) is 13.6. The summed E-state index contributed by atoms with van der Waals surface area (Å²) >= 11 is 7.85. The van der Waals surface area contributed by atoms with Gasteiger partial charge in [0.25, 0.3) is 0 Å². The van der Waals surface area contributed by atoms with Crippen LogP contribution in [0.4, 0.5) is 0 Å². The van der Waals surface area contributed by atoms with Gasteiger partial charge in [-0.15, -0.1) is 11.3 Å². The molecule has 0 aliphatic rings. The zero-order valence-corrected chi connectivity index (χ0v) is 12.3. The van der Waals surface area contributed by atoms with Crippen molar-refractivity contribution in [1.82, 2.24) is 5.32 Å². The first-order valence-corrected chi connectivity index (χ1v) is 7.51. The highest BCUT2D eigenvalue weighted by Crippen LogP contribution is 2.25. The molecule has 96 valence electrons. The van der Waals surface area contributed by atoms with E-state index in [1.807, 2.05) is 18.2 Å².